The van der Waals surface area contributed by atoms with Crippen molar-refractivity contribution in [2.45, 2.75) is 0 Å². The Morgan fingerprint density at radius 3 is 1.66 bits per heavy atom. The van der Waals surface area contributed by atoms with Gasteiger partial charge in [0, 0.05) is 16.6 Å². The maximum atomic E-state index is 6.12. The standard InChI is InChI=1S/C41H28N2O/c1-3-11-29(12-4-1)31-19-21-33(22-20-31)35-15-7-9-17-37(35)43(34-25-23-32(24-26-34)30-13-5-2-6-14-30)40-28-27-39-41(42-40)36-16-8-10-18-38(36)44-39/h1-28H. The number of benzene rings is 6. The Morgan fingerprint density at radius 2 is 0.955 bits per heavy atom. The molecule has 8 aromatic rings. The highest BCUT2D eigenvalue weighted by Gasteiger charge is 2.20. The second kappa shape index (κ2) is 11.0. The maximum absolute atomic E-state index is 6.12. The van der Waals surface area contributed by atoms with Gasteiger partial charge >= 0.3 is 0 Å². The molecule has 2 heterocycles. The second-order valence-electron chi connectivity index (χ2n) is 10.8. The van der Waals surface area contributed by atoms with E-state index < -0.39 is 0 Å². The van der Waals surface area contributed by atoms with Gasteiger partial charge in [-0.15, -0.1) is 0 Å². The van der Waals surface area contributed by atoms with Gasteiger partial charge in [0.15, 0.2) is 5.58 Å². The van der Waals surface area contributed by atoms with Crippen LogP contribution in [0.1, 0.15) is 0 Å². The zero-order valence-electron chi connectivity index (χ0n) is 24.0. The molecule has 2 aromatic heterocycles. The van der Waals surface area contributed by atoms with Gasteiger partial charge < -0.3 is 4.42 Å². The lowest BCUT2D eigenvalue weighted by molar-refractivity contribution is 0.668. The number of hydrogen-bond donors (Lipinski definition) is 0. The van der Waals surface area contributed by atoms with Crippen LogP contribution in [0.2, 0.25) is 0 Å². The van der Waals surface area contributed by atoms with Gasteiger partial charge in [-0.25, -0.2) is 4.98 Å². The highest BCUT2D eigenvalue weighted by Crippen LogP contribution is 2.42. The lowest BCUT2D eigenvalue weighted by Crippen LogP contribution is -2.12. The van der Waals surface area contributed by atoms with Crippen LogP contribution in [0.25, 0.3) is 55.4 Å². The third kappa shape index (κ3) is 4.71. The van der Waals surface area contributed by atoms with Gasteiger partial charge in [-0.3, -0.25) is 4.90 Å². The second-order valence-corrected chi connectivity index (χ2v) is 10.8. The van der Waals surface area contributed by atoms with Crippen molar-refractivity contribution in [2.75, 3.05) is 4.90 Å². The van der Waals surface area contributed by atoms with Crippen molar-refractivity contribution in [1.29, 1.82) is 0 Å². The number of anilines is 3. The van der Waals surface area contributed by atoms with E-state index in [1.165, 1.54) is 22.3 Å². The Hall–Kier alpha value is -5.93. The van der Waals surface area contributed by atoms with Gasteiger partial charge in [0.2, 0.25) is 0 Å². The molecule has 0 N–H and O–H groups in total. The number of furan rings is 1. The van der Waals surface area contributed by atoms with Gasteiger partial charge in [0.1, 0.15) is 16.9 Å². The molecule has 3 heteroatoms. The third-order valence-electron chi connectivity index (χ3n) is 8.12. The SMILES string of the molecule is c1ccc(-c2ccc(-c3ccccc3N(c3ccc(-c4ccccc4)cc3)c3ccc4oc5ccccc5c4n3)cc2)cc1. The molecule has 44 heavy (non-hydrogen) atoms. The summed E-state index contributed by atoms with van der Waals surface area (Å²) in [6, 6.07) is 59.2. The van der Waals surface area contributed by atoms with Gasteiger partial charge in [0.05, 0.1) is 5.69 Å². The highest BCUT2D eigenvalue weighted by atomic mass is 16.3. The van der Waals surface area contributed by atoms with E-state index in [1.807, 2.05) is 42.5 Å². The first-order chi connectivity index (χ1) is 21.8. The molecule has 0 aliphatic carbocycles. The average Bonchev–Trinajstić information content (AvgIpc) is 3.48. The van der Waals surface area contributed by atoms with E-state index >= 15 is 0 Å². The number of hydrogen-bond acceptors (Lipinski definition) is 3. The first-order valence-electron chi connectivity index (χ1n) is 14.8. The van der Waals surface area contributed by atoms with Crippen LogP contribution in [0.4, 0.5) is 17.2 Å². The fourth-order valence-corrected chi connectivity index (χ4v) is 5.92. The molecule has 0 amide bonds. The van der Waals surface area contributed by atoms with Crippen LogP contribution in [0.3, 0.4) is 0 Å². The summed E-state index contributed by atoms with van der Waals surface area (Å²) in [5.74, 6) is 0.824. The van der Waals surface area contributed by atoms with Gasteiger partial charge in [0.25, 0.3) is 0 Å². The molecule has 208 valence electrons. The number of aromatic nitrogens is 1. The number of rotatable bonds is 6. The Morgan fingerprint density at radius 1 is 0.409 bits per heavy atom. The summed E-state index contributed by atoms with van der Waals surface area (Å²) in [4.78, 5) is 7.46. The molecule has 0 saturated heterocycles. The first-order valence-corrected chi connectivity index (χ1v) is 14.8. The lowest BCUT2D eigenvalue weighted by atomic mass is 9.98. The average molecular weight is 565 g/mol. The Bertz CT molecular complexity index is 2200. The highest BCUT2D eigenvalue weighted by molar-refractivity contribution is 6.03. The predicted molar refractivity (Wildman–Crippen MR) is 183 cm³/mol. The van der Waals surface area contributed by atoms with Gasteiger partial charge in [-0.1, -0.05) is 127 Å². The normalized spacial score (nSPS) is 11.2. The zero-order chi connectivity index (χ0) is 29.3. The molecule has 0 fully saturated rings. The van der Waals surface area contributed by atoms with Gasteiger partial charge in [-0.05, 0) is 70.3 Å². The van der Waals surface area contributed by atoms with Crippen molar-refractivity contribution in [3.05, 3.63) is 170 Å². The summed E-state index contributed by atoms with van der Waals surface area (Å²) < 4.78 is 6.12. The number of pyridine rings is 1. The van der Waals surface area contributed by atoms with E-state index in [0.29, 0.717) is 0 Å². The molecule has 3 nitrogen and oxygen atoms in total. The fourth-order valence-electron chi connectivity index (χ4n) is 5.92. The van der Waals surface area contributed by atoms with E-state index in [1.54, 1.807) is 0 Å². The molecule has 8 rings (SSSR count). The predicted octanol–water partition coefficient (Wildman–Crippen LogP) is 11.5. The van der Waals surface area contributed by atoms with Crippen molar-refractivity contribution >= 4 is 39.3 Å². The van der Waals surface area contributed by atoms with Crippen LogP contribution >= 0.6 is 0 Å². The molecule has 0 bridgehead atoms. The minimum absolute atomic E-state index is 0.777. The van der Waals surface area contributed by atoms with Crippen molar-refractivity contribution in [2.24, 2.45) is 0 Å². The van der Waals surface area contributed by atoms with Gasteiger partial charge in [-0.2, -0.15) is 0 Å². The minimum atomic E-state index is 0.777. The van der Waals surface area contributed by atoms with Crippen LogP contribution in [0, 0.1) is 0 Å². The van der Waals surface area contributed by atoms with Crippen molar-refractivity contribution < 1.29 is 4.42 Å². The maximum Gasteiger partial charge on any atom is 0.154 e. The Labute approximate surface area is 256 Å². The Balaban J connectivity index is 1.28. The van der Waals surface area contributed by atoms with E-state index in [0.717, 1.165) is 50.4 Å². The van der Waals surface area contributed by atoms with E-state index in [4.69, 9.17) is 9.40 Å². The zero-order valence-corrected chi connectivity index (χ0v) is 24.0. The number of fused-ring (bicyclic) bond motifs is 3. The Kier molecular flexibility index (Phi) is 6.47. The fraction of sp³-hybridized carbons (Fsp3) is 0. The van der Waals surface area contributed by atoms with Crippen LogP contribution < -0.4 is 4.90 Å². The summed E-state index contributed by atoms with van der Waals surface area (Å²) in [5, 5.41) is 1.01. The molecule has 6 aromatic carbocycles. The topological polar surface area (TPSA) is 29.3 Å². The summed E-state index contributed by atoms with van der Waals surface area (Å²) in [6.45, 7) is 0. The monoisotopic (exact) mass is 564 g/mol. The molecule has 0 saturated carbocycles. The molecule has 0 spiro atoms. The number of nitrogens with zero attached hydrogens (tertiary/aromatic N) is 2. The largest absolute Gasteiger partial charge is 0.454 e. The van der Waals surface area contributed by atoms with E-state index in [2.05, 4.69) is 132 Å². The van der Waals surface area contributed by atoms with Crippen molar-refractivity contribution in [1.82, 2.24) is 4.98 Å². The first kappa shape index (κ1) is 25.8. The van der Waals surface area contributed by atoms with E-state index in [-0.39, 0.29) is 0 Å². The molecule has 0 atom stereocenters. The quantitative estimate of drug-likeness (QED) is 0.201. The van der Waals surface area contributed by atoms with Crippen molar-refractivity contribution in [3.63, 3.8) is 0 Å². The van der Waals surface area contributed by atoms with Crippen LogP contribution in [-0.4, -0.2) is 4.98 Å². The number of para-hydroxylation sites is 2. The third-order valence-corrected chi connectivity index (χ3v) is 8.12. The molecule has 0 aliphatic heterocycles. The molecular formula is C41H28N2O. The van der Waals surface area contributed by atoms with Crippen molar-refractivity contribution in [3.8, 4) is 33.4 Å². The summed E-state index contributed by atoms with van der Waals surface area (Å²) in [6.07, 6.45) is 0. The smallest absolute Gasteiger partial charge is 0.154 e. The molecule has 0 aliphatic rings. The van der Waals surface area contributed by atoms with Crippen LogP contribution in [0.5, 0.6) is 0 Å². The lowest BCUT2D eigenvalue weighted by Gasteiger charge is -2.27. The molecule has 0 radical (unpaired) electrons. The van der Waals surface area contributed by atoms with Crippen LogP contribution in [-0.2, 0) is 0 Å². The summed E-state index contributed by atoms with van der Waals surface area (Å²) in [5.41, 5.74) is 11.6. The molecular weight excluding hydrogens is 536 g/mol. The van der Waals surface area contributed by atoms with Crippen LogP contribution in [0.15, 0.2) is 174 Å². The summed E-state index contributed by atoms with van der Waals surface area (Å²) in [7, 11) is 0. The molecule has 0 unspecified atom stereocenters. The summed E-state index contributed by atoms with van der Waals surface area (Å²) >= 11 is 0. The minimum Gasteiger partial charge on any atom is -0.454 e. The van der Waals surface area contributed by atoms with E-state index in [9.17, 15) is 0 Å².